The van der Waals surface area contributed by atoms with Gasteiger partial charge in [-0.2, -0.15) is 0 Å². The van der Waals surface area contributed by atoms with Gasteiger partial charge in [0.15, 0.2) is 0 Å². The Hall–Kier alpha value is -2.14. The van der Waals surface area contributed by atoms with Crippen LogP contribution >= 0.6 is 0 Å². The molecule has 22 heavy (non-hydrogen) atoms. The molecule has 5 heteroatoms. The number of nitrogens with zero attached hydrogens (tertiary/aromatic N) is 3. The normalized spacial score (nSPS) is 10.5. The van der Waals surface area contributed by atoms with Gasteiger partial charge in [0, 0.05) is 39.4 Å². The summed E-state index contributed by atoms with van der Waals surface area (Å²) >= 11 is 0. The van der Waals surface area contributed by atoms with Crippen molar-refractivity contribution in [2.75, 3.05) is 37.0 Å². The number of hydrogen-bond donors (Lipinski definition) is 1. The van der Waals surface area contributed by atoms with E-state index in [1.807, 2.05) is 12.1 Å². The van der Waals surface area contributed by atoms with Gasteiger partial charge < -0.3 is 15.0 Å². The minimum atomic E-state index is 0.750. The van der Waals surface area contributed by atoms with Gasteiger partial charge in [-0.25, -0.2) is 9.97 Å². The van der Waals surface area contributed by atoms with E-state index >= 15 is 0 Å². The number of ether oxygens (including phenoxy) is 1. The SMILES string of the molecule is CCN(Cc1ccccc1)c1cc(NCCCOC)ncn1. The van der Waals surface area contributed by atoms with Crippen LogP contribution in [0.1, 0.15) is 18.9 Å². The average molecular weight is 300 g/mol. The van der Waals surface area contributed by atoms with E-state index in [0.717, 1.165) is 44.3 Å². The lowest BCUT2D eigenvalue weighted by Gasteiger charge is -2.22. The predicted octanol–water partition coefficient (Wildman–Crippen LogP) is 2.95. The molecular formula is C17H24N4O. The second-order valence-corrected chi connectivity index (χ2v) is 5.03. The molecule has 0 aliphatic heterocycles. The van der Waals surface area contributed by atoms with Crippen molar-refractivity contribution < 1.29 is 4.74 Å². The molecule has 1 aromatic heterocycles. The Bertz CT molecular complexity index is 547. The van der Waals surface area contributed by atoms with Gasteiger partial charge in [0.2, 0.25) is 0 Å². The number of aromatic nitrogens is 2. The largest absolute Gasteiger partial charge is 0.385 e. The zero-order valence-electron chi connectivity index (χ0n) is 13.3. The summed E-state index contributed by atoms with van der Waals surface area (Å²) in [5, 5.41) is 3.30. The number of anilines is 2. The van der Waals surface area contributed by atoms with Crippen LogP contribution < -0.4 is 10.2 Å². The first kappa shape index (κ1) is 16.2. The van der Waals surface area contributed by atoms with Gasteiger partial charge in [0.25, 0.3) is 0 Å². The predicted molar refractivity (Wildman–Crippen MR) is 90.2 cm³/mol. The zero-order chi connectivity index (χ0) is 15.6. The van der Waals surface area contributed by atoms with Crippen LogP contribution in [0.25, 0.3) is 0 Å². The molecular weight excluding hydrogens is 276 g/mol. The third kappa shape index (κ3) is 5.00. The van der Waals surface area contributed by atoms with Crippen molar-refractivity contribution in [3.8, 4) is 0 Å². The fourth-order valence-corrected chi connectivity index (χ4v) is 2.21. The summed E-state index contributed by atoms with van der Waals surface area (Å²) in [7, 11) is 1.71. The molecule has 0 atom stereocenters. The summed E-state index contributed by atoms with van der Waals surface area (Å²) in [6, 6.07) is 12.4. The molecule has 0 amide bonds. The summed E-state index contributed by atoms with van der Waals surface area (Å²) < 4.78 is 5.04. The highest BCUT2D eigenvalue weighted by atomic mass is 16.5. The van der Waals surface area contributed by atoms with Crippen molar-refractivity contribution in [3.63, 3.8) is 0 Å². The van der Waals surface area contributed by atoms with E-state index in [4.69, 9.17) is 4.74 Å². The highest BCUT2D eigenvalue weighted by Gasteiger charge is 2.08. The van der Waals surface area contributed by atoms with E-state index in [9.17, 15) is 0 Å². The van der Waals surface area contributed by atoms with Gasteiger partial charge in [-0.15, -0.1) is 0 Å². The maximum Gasteiger partial charge on any atom is 0.134 e. The van der Waals surface area contributed by atoms with Gasteiger partial charge in [0.1, 0.15) is 18.0 Å². The topological polar surface area (TPSA) is 50.3 Å². The second-order valence-electron chi connectivity index (χ2n) is 5.03. The van der Waals surface area contributed by atoms with Crippen LogP contribution in [0.2, 0.25) is 0 Å². The summed E-state index contributed by atoms with van der Waals surface area (Å²) in [6.45, 7) is 5.47. The van der Waals surface area contributed by atoms with Gasteiger partial charge in [-0.1, -0.05) is 30.3 Å². The molecule has 0 fully saturated rings. The van der Waals surface area contributed by atoms with Crippen LogP contribution in [0.5, 0.6) is 0 Å². The van der Waals surface area contributed by atoms with Crippen molar-refractivity contribution in [3.05, 3.63) is 48.3 Å². The van der Waals surface area contributed by atoms with E-state index in [2.05, 4.69) is 51.4 Å². The first-order chi connectivity index (χ1) is 10.8. The van der Waals surface area contributed by atoms with Crippen LogP contribution in [-0.2, 0) is 11.3 Å². The lowest BCUT2D eigenvalue weighted by Crippen LogP contribution is -2.23. The molecule has 0 saturated heterocycles. The summed E-state index contributed by atoms with van der Waals surface area (Å²) in [5.41, 5.74) is 1.28. The molecule has 2 aromatic rings. The van der Waals surface area contributed by atoms with Gasteiger partial charge in [-0.3, -0.25) is 0 Å². The first-order valence-corrected chi connectivity index (χ1v) is 7.67. The molecule has 2 rings (SSSR count). The second kappa shape index (κ2) is 9.00. The highest BCUT2D eigenvalue weighted by molar-refractivity contribution is 5.48. The van der Waals surface area contributed by atoms with Crippen LogP contribution in [-0.4, -0.2) is 36.8 Å². The third-order valence-corrected chi connectivity index (χ3v) is 3.41. The average Bonchev–Trinajstić information content (AvgIpc) is 2.58. The standard InChI is InChI=1S/C17H24N4O/c1-3-21(13-15-8-5-4-6-9-15)17-12-16(19-14-20-17)18-10-7-11-22-2/h4-6,8-9,12,14H,3,7,10-11,13H2,1-2H3,(H,18,19,20). The number of nitrogens with one attached hydrogen (secondary N) is 1. The molecule has 0 saturated carbocycles. The van der Waals surface area contributed by atoms with Crippen molar-refractivity contribution in [1.82, 2.24) is 9.97 Å². The molecule has 0 bridgehead atoms. The third-order valence-electron chi connectivity index (χ3n) is 3.41. The van der Waals surface area contributed by atoms with E-state index in [0.29, 0.717) is 0 Å². The molecule has 0 aliphatic rings. The zero-order valence-corrected chi connectivity index (χ0v) is 13.3. The molecule has 118 valence electrons. The minimum absolute atomic E-state index is 0.750. The molecule has 0 aliphatic carbocycles. The number of rotatable bonds is 9. The monoisotopic (exact) mass is 300 g/mol. The highest BCUT2D eigenvalue weighted by Crippen LogP contribution is 2.16. The summed E-state index contributed by atoms with van der Waals surface area (Å²) in [4.78, 5) is 10.9. The lowest BCUT2D eigenvalue weighted by atomic mass is 10.2. The van der Waals surface area contributed by atoms with Crippen LogP contribution in [0, 0.1) is 0 Å². The van der Waals surface area contributed by atoms with Crippen molar-refractivity contribution >= 4 is 11.6 Å². The van der Waals surface area contributed by atoms with E-state index < -0.39 is 0 Å². The van der Waals surface area contributed by atoms with Crippen molar-refractivity contribution in [2.24, 2.45) is 0 Å². The molecule has 1 aromatic carbocycles. The number of hydrogen-bond acceptors (Lipinski definition) is 5. The molecule has 1 N–H and O–H groups in total. The minimum Gasteiger partial charge on any atom is -0.385 e. The number of methoxy groups -OCH3 is 1. The van der Waals surface area contributed by atoms with E-state index in [1.54, 1.807) is 13.4 Å². The molecule has 0 radical (unpaired) electrons. The molecule has 5 nitrogen and oxygen atoms in total. The molecule has 0 spiro atoms. The summed E-state index contributed by atoms with van der Waals surface area (Å²) in [5.74, 6) is 1.79. The molecule has 1 heterocycles. The van der Waals surface area contributed by atoms with Crippen LogP contribution in [0.4, 0.5) is 11.6 Å². The summed E-state index contributed by atoms with van der Waals surface area (Å²) in [6.07, 6.45) is 2.57. The fourth-order valence-electron chi connectivity index (χ4n) is 2.21. The Balaban J connectivity index is 1.99. The lowest BCUT2D eigenvalue weighted by molar-refractivity contribution is 0.198. The fraction of sp³-hybridized carbons (Fsp3) is 0.412. The van der Waals surface area contributed by atoms with Crippen LogP contribution in [0.3, 0.4) is 0 Å². The maximum absolute atomic E-state index is 5.04. The van der Waals surface area contributed by atoms with Gasteiger partial charge >= 0.3 is 0 Å². The Labute approximate surface area is 132 Å². The number of benzene rings is 1. The van der Waals surface area contributed by atoms with Gasteiger partial charge in [-0.05, 0) is 18.9 Å². The van der Waals surface area contributed by atoms with Crippen molar-refractivity contribution in [1.29, 1.82) is 0 Å². The first-order valence-electron chi connectivity index (χ1n) is 7.67. The van der Waals surface area contributed by atoms with E-state index in [1.165, 1.54) is 5.56 Å². The maximum atomic E-state index is 5.04. The Kier molecular flexibility index (Phi) is 6.64. The van der Waals surface area contributed by atoms with Crippen LogP contribution in [0.15, 0.2) is 42.7 Å². The quantitative estimate of drug-likeness (QED) is 0.722. The Morgan fingerprint density at radius 3 is 2.73 bits per heavy atom. The van der Waals surface area contributed by atoms with Crippen molar-refractivity contribution in [2.45, 2.75) is 19.9 Å². The van der Waals surface area contributed by atoms with Gasteiger partial charge in [0.05, 0.1) is 0 Å². The Morgan fingerprint density at radius 1 is 1.18 bits per heavy atom. The van der Waals surface area contributed by atoms with E-state index in [-0.39, 0.29) is 0 Å². The smallest absolute Gasteiger partial charge is 0.134 e. The Morgan fingerprint density at radius 2 is 2.00 bits per heavy atom. The molecule has 0 unspecified atom stereocenters.